The molecule has 0 aromatic heterocycles. The predicted octanol–water partition coefficient (Wildman–Crippen LogP) is 4.98. The van der Waals surface area contributed by atoms with Gasteiger partial charge in [-0.25, -0.2) is 0 Å². The van der Waals surface area contributed by atoms with Gasteiger partial charge in [-0.2, -0.15) is 13.2 Å². The number of nitrogens with one attached hydrogen (secondary N) is 1. The van der Waals surface area contributed by atoms with E-state index in [2.05, 4.69) is 5.32 Å². The second-order valence-corrected chi connectivity index (χ2v) is 6.99. The Morgan fingerprint density at radius 1 is 1.15 bits per heavy atom. The Morgan fingerprint density at radius 3 is 2.48 bits per heavy atom. The number of methoxy groups -OCH3 is 2. The van der Waals surface area contributed by atoms with Crippen molar-refractivity contribution in [1.29, 1.82) is 0 Å². The maximum atomic E-state index is 13.1. The van der Waals surface area contributed by atoms with E-state index in [1.54, 1.807) is 31.2 Å². The highest BCUT2D eigenvalue weighted by atomic mass is 32.2. The molecule has 0 aliphatic heterocycles. The van der Waals surface area contributed by atoms with E-state index < -0.39 is 17.0 Å². The summed E-state index contributed by atoms with van der Waals surface area (Å²) in [5, 5.41) is 2.16. The summed E-state index contributed by atoms with van der Waals surface area (Å²) in [6.07, 6.45) is -4.42. The fourth-order valence-corrected chi connectivity index (χ4v) is 3.25. The average molecular weight is 399 g/mol. The van der Waals surface area contributed by atoms with Crippen LogP contribution in [0.5, 0.6) is 11.5 Å². The zero-order chi connectivity index (χ0) is 20.0. The zero-order valence-corrected chi connectivity index (χ0v) is 15.9. The molecule has 146 valence electrons. The third-order valence-corrected chi connectivity index (χ3v) is 5.04. The van der Waals surface area contributed by atoms with Gasteiger partial charge in [-0.1, -0.05) is 18.2 Å². The lowest BCUT2D eigenvalue weighted by Gasteiger charge is -2.16. The Kier molecular flexibility index (Phi) is 7.01. The van der Waals surface area contributed by atoms with E-state index in [0.29, 0.717) is 17.2 Å². The first kappa shape index (κ1) is 21.0. The van der Waals surface area contributed by atoms with Crippen LogP contribution in [0, 0.1) is 0 Å². The molecule has 0 radical (unpaired) electrons. The Hall–Kier alpha value is -2.35. The lowest BCUT2D eigenvalue weighted by Crippen LogP contribution is -2.23. The zero-order valence-electron chi connectivity index (χ0n) is 15.1. The van der Waals surface area contributed by atoms with E-state index in [4.69, 9.17) is 9.47 Å². The minimum Gasteiger partial charge on any atom is -0.497 e. The molecule has 0 spiro atoms. The molecule has 0 saturated heterocycles. The largest absolute Gasteiger partial charge is 0.497 e. The van der Waals surface area contributed by atoms with E-state index in [0.717, 1.165) is 17.8 Å². The first-order chi connectivity index (χ1) is 12.8. The molecule has 1 amide bonds. The van der Waals surface area contributed by atoms with Gasteiger partial charge in [0, 0.05) is 11.8 Å². The number of hydrogen-bond acceptors (Lipinski definition) is 4. The number of alkyl halides is 3. The molecule has 0 aliphatic carbocycles. The first-order valence-corrected chi connectivity index (χ1v) is 9.10. The monoisotopic (exact) mass is 399 g/mol. The summed E-state index contributed by atoms with van der Waals surface area (Å²) in [6, 6.07) is 10.3. The van der Waals surface area contributed by atoms with Gasteiger partial charge in [-0.05, 0) is 30.7 Å². The van der Waals surface area contributed by atoms with Crippen LogP contribution in [0.15, 0.2) is 42.5 Å². The van der Waals surface area contributed by atoms with Crippen molar-refractivity contribution < 1.29 is 27.4 Å². The highest BCUT2D eigenvalue weighted by Crippen LogP contribution is 2.34. The standard InChI is InChI=1S/C19H20F3NO3S/c1-12(27-11-13-6-4-5-7-15(13)19(20,21)22)18(24)23-16-10-14(25-2)8-9-17(16)26-3/h4-10,12H,11H2,1-3H3,(H,23,24). The molecule has 2 aromatic carbocycles. The minimum absolute atomic E-state index is 0.0690. The molecule has 0 aliphatic rings. The molecule has 0 bridgehead atoms. The summed E-state index contributed by atoms with van der Waals surface area (Å²) >= 11 is 1.13. The van der Waals surface area contributed by atoms with Gasteiger partial charge >= 0.3 is 6.18 Å². The maximum absolute atomic E-state index is 13.1. The summed E-state index contributed by atoms with van der Waals surface area (Å²) < 4.78 is 49.5. The highest BCUT2D eigenvalue weighted by Gasteiger charge is 2.33. The first-order valence-electron chi connectivity index (χ1n) is 8.06. The summed E-state index contributed by atoms with van der Waals surface area (Å²) in [5.41, 5.74) is -0.0989. The van der Waals surface area contributed by atoms with E-state index in [-0.39, 0.29) is 17.2 Å². The van der Waals surface area contributed by atoms with Gasteiger partial charge in [0.25, 0.3) is 0 Å². The van der Waals surface area contributed by atoms with Crippen LogP contribution in [-0.2, 0) is 16.7 Å². The topological polar surface area (TPSA) is 47.6 Å². The van der Waals surface area contributed by atoms with Crippen molar-refractivity contribution in [2.24, 2.45) is 0 Å². The number of thioether (sulfide) groups is 1. The van der Waals surface area contributed by atoms with Crippen molar-refractivity contribution in [2.75, 3.05) is 19.5 Å². The SMILES string of the molecule is COc1ccc(OC)c(NC(=O)C(C)SCc2ccccc2C(F)(F)F)c1. The molecule has 27 heavy (non-hydrogen) atoms. The number of carbonyl (C=O) groups is 1. The van der Waals surface area contributed by atoms with Crippen LogP contribution in [0.4, 0.5) is 18.9 Å². The van der Waals surface area contributed by atoms with Crippen LogP contribution in [0.25, 0.3) is 0 Å². The Morgan fingerprint density at radius 2 is 1.85 bits per heavy atom. The highest BCUT2D eigenvalue weighted by molar-refractivity contribution is 7.99. The number of rotatable bonds is 7. The van der Waals surface area contributed by atoms with Crippen molar-refractivity contribution in [3.8, 4) is 11.5 Å². The molecule has 0 saturated carbocycles. The lowest BCUT2D eigenvalue weighted by atomic mass is 10.1. The second-order valence-electron chi connectivity index (χ2n) is 5.66. The van der Waals surface area contributed by atoms with Crippen LogP contribution in [0.1, 0.15) is 18.1 Å². The van der Waals surface area contributed by atoms with Gasteiger partial charge in [0.05, 0.1) is 30.7 Å². The average Bonchev–Trinajstić information content (AvgIpc) is 2.65. The van der Waals surface area contributed by atoms with Gasteiger partial charge in [0.2, 0.25) is 5.91 Å². The lowest BCUT2D eigenvalue weighted by molar-refractivity contribution is -0.138. The number of carbonyl (C=O) groups excluding carboxylic acids is 1. The summed E-state index contributed by atoms with van der Waals surface area (Å²) in [4.78, 5) is 12.4. The van der Waals surface area contributed by atoms with Crippen molar-refractivity contribution in [1.82, 2.24) is 0 Å². The van der Waals surface area contributed by atoms with Gasteiger partial charge in [0.1, 0.15) is 11.5 Å². The quantitative estimate of drug-likeness (QED) is 0.713. The van der Waals surface area contributed by atoms with Gasteiger partial charge in [-0.15, -0.1) is 11.8 Å². The smallest absolute Gasteiger partial charge is 0.416 e. The normalized spacial score (nSPS) is 12.4. The van der Waals surface area contributed by atoms with E-state index in [1.165, 1.54) is 26.4 Å². The summed E-state index contributed by atoms with van der Waals surface area (Å²) in [7, 11) is 2.98. The number of halogens is 3. The van der Waals surface area contributed by atoms with Crippen LogP contribution in [0.3, 0.4) is 0 Å². The molecule has 1 unspecified atom stereocenters. The Balaban J connectivity index is 2.05. The summed E-state index contributed by atoms with van der Waals surface area (Å²) in [5.74, 6) is 0.741. The molecular weight excluding hydrogens is 379 g/mol. The Labute approximate surface area is 160 Å². The van der Waals surface area contributed by atoms with Crippen LogP contribution >= 0.6 is 11.8 Å². The van der Waals surface area contributed by atoms with E-state index in [1.807, 2.05) is 0 Å². The third-order valence-electron chi connectivity index (χ3n) is 3.85. The number of amides is 1. The number of hydrogen-bond donors (Lipinski definition) is 1. The van der Waals surface area contributed by atoms with Crippen LogP contribution < -0.4 is 14.8 Å². The molecule has 2 rings (SSSR count). The van der Waals surface area contributed by atoms with Crippen LogP contribution in [0.2, 0.25) is 0 Å². The fraction of sp³-hybridized carbons (Fsp3) is 0.316. The van der Waals surface area contributed by atoms with Crippen molar-refractivity contribution >= 4 is 23.4 Å². The molecular formula is C19H20F3NO3S. The van der Waals surface area contributed by atoms with E-state index in [9.17, 15) is 18.0 Å². The number of anilines is 1. The van der Waals surface area contributed by atoms with Crippen molar-refractivity contribution in [2.45, 2.75) is 24.1 Å². The molecule has 1 N–H and O–H groups in total. The van der Waals surface area contributed by atoms with Gasteiger partial charge < -0.3 is 14.8 Å². The third kappa shape index (κ3) is 5.56. The second kappa shape index (κ2) is 9.03. The Bertz CT molecular complexity index is 796. The van der Waals surface area contributed by atoms with Gasteiger partial charge in [-0.3, -0.25) is 4.79 Å². The van der Waals surface area contributed by atoms with Gasteiger partial charge in [0.15, 0.2) is 0 Å². The minimum atomic E-state index is -4.42. The van der Waals surface area contributed by atoms with E-state index >= 15 is 0 Å². The maximum Gasteiger partial charge on any atom is 0.416 e. The molecule has 4 nitrogen and oxygen atoms in total. The fourth-order valence-electron chi connectivity index (χ4n) is 2.36. The number of ether oxygens (including phenoxy) is 2. The molecule has 1 atom stereocenters. The van der Waals surface area contributed by atoms with Crippen molar-refractivity contribution in [3.05, 3.63) is 53.6 Å². The summed E-state index contributed by atoms with van der Waals surface area (Å²) in [6.45, 7) is 1.64. The number of benzene rings is 2. The van der Waals surface area contributed by atoms with Crippen molar-refractivity contribution in [3.63, 3.8) is 0 Å². The predicted molar refractivity (Wildman–Crippen MR) is 100 cm³/mol. The molecule has 8 heteroatoms. The molecule has 2 aromatic rings. The molecule has 0 fully saturated rings. The molecule has 0 heterocycles. The van der Waals surface area contributed by atoms with Crippen LogP contribution in [-0.4, -0.2) is 25.4 Å².